The van der Waals surface area contributed by atoms with Crippen molar-refractivity contribution < 1.29 is 19.4 Å². The lowest BCUT2D eigenvalue weighted by molar-refractivity contribution is 0.0694. The molecule has 0 fully saturated rings. The van der Waals surface area contributed by atoms with Crippen LogP contribution in [0.15, 0.2) is 47.5 Å². The maximum atomic E-state index is 12.8. The number of pyridine rings is 1. The number of rotatable bonds is 5. The Balaban J connectivity index is 0.00000441. The lowest BCUT2D eigenvalue weighted by Crippen LogP contribution is -2.27. The van der Waals surface area contributed by atoms with Gasteiger partial charge in [0.25, 0.3) is 0 Å². The SMILES string of the molecule is COc1cc(Cc2cnc(N)nc2N)cc(C#Cc2ccc3c(=O)c(C(=O)O)cn(C(C)(C)C)c3c2)c1OC.Cl. The van der Waals surface area contributed by atoms with E-state index in [1.165, 1.54) is 13.3 Å². The Morgan fingerprint density at radius 1 is 1.10 bits per heavy atom. The first-order valence-electron chi connectivity index (χ1n) is 12.0. The summed E-state index contributed by atoms with van der Waals surface area (Å²) in [4.78, 5) is 32.6. The number of carbonyl (C=O) groups is 1. The number of ether oxygens (including phenoxy) is 2. The Hall–Kier alpha value is -4.75. The van der Waals surface area contributed by atoms with E-state index >= 15 is 0 Å². The van der Waals surface area contributed by atoms with Gasteiger partial charge in [-0.1, -0.05) is 11.8 Å². The molecule has 4 aromatic rings. The second-order valence-corrected chi connectivity index (χ2v) is 9.89. The van der Waals surface area contributed by atoms with Crippen LogP contribution in [0.4, 0.5) is 11.8 Å². The van der Waals surface area contributed by atoms with E-state index in [0.29, 0.717) is 45.5 Å². The predicted octanol–water partition coefficient (Wildman–Crippen LogP) is 3.84. The predicted molar refractivity (Wildman–Crippen MR) is 157 cm³/mol. The molecule has 0 aliphatic heterocycles. The Kier molecular flexibility index (Phi) is 8.61. The molecule has 2 heterocycles. The van der Waals surface area contributed by atoms with E-state index < -0.39 is 16.9 Å². The molecule has 0 amide bonds. The van der Waals surface area contributed by atoms with E-state index in [9.17, 15) is 14.7 Å². The Bertz CT molecular complexity index is 1730. The van der Waals surface area contributed by atoms with Gasteiger partial charge in [0.1, 0.15) is 11.4 Å². The van der Waals surface area contributed by atoms with Crippen LogP contribution < -0.4 is 26.4 Å². The van der Waals surface area contributed by atoms with E-state index in [2.05, 4.69) is 21.8 Å². The quantitative estimate of drug-likeness (QED) is 0.307. The molecular formula is C29H30ClN5O5. The molecule has 0 radical (unpaired) electrons. The monoisotopic (exact) mass is 563 g/mol. The van der Waals surface area contributed by atoms with E-state index in [4.69, 9.17) is 20.9 Å². The van der Waals surface area contributed by atoms with Crippen LogP contribution >= 0.6 is 12.4 Å². The molecule has 0 spiro atoms. The van der Waals surface area contributed by atoms with Gasteiger partial charge in [0, 0.05) is 40.9 Å². The molecule has 4 rings (SSSR count). The number of aromatic carboxylic acids is 1. The molecular weight excluding hydrogens is 534 g/mol. The number of aromatic nitrogens is 3. The summed E-state index contributed by atoms with van der Waals surface area (Å²) in [5, 5.41) is 9.84. The minimum atomic E-state index is -1.27. The van der Waals surface area contributed by atoms with E-state index in [0.717, 1.165) is 5.56 Å². The van der Waals surface area contributed by atoms with Gasteiger partial charge in [-0.3, -0.25) is 4.79 Å². The van der Waals surface area contributed by atoms with Crippen LogP contribution in [0.2, 0.25) is 0 Å². The fourth-order valence-corrected chi connectivity index (χ4v) is 4.26. The third-order valence-electron chi connectivity index (χ3n) is 6.15. The van der Waals surface area contributed by atoms with Crippen LogP contribution in [0.1, 0.15) is 53.4 Å². The number of carboxylic acid groups (broad SMARTS) is 1. The molecule has 40 heavy (non-hydrogen) atoms. The summed E-state index contributed by atoms with van der Waals surface area (Å²) in [6.45, 7) is 5.80. The standard InChI is InChI=1S/C29H29N5O5.ClH/c1-29(2,3)34-15-21(27(36)37)24(35)20-9-7-16(12-22(20)34)6-8-18-10-17(13-23(38-4)25(18)39-5)11-19-14-32-28(31)33-26(19)30;/h7,9-10,12-15H,11H2,1-5H3,(H,36,37)(H4,30,31,32,33);1H. The van der Waals surface area contributed by atoms with Crippen molar-refractivity contribution >= 4 is 41.0 Å². The van der Waals surface area contributed by atoms with Crippen molar-refractivity contribution in [1.29, 1.82) is 0 Å². The van der Waals surface area contributed by atoms with Crippen LogP contribution in [0.5, 0.6) is 11.5 Å². The average molecular weight is 564 g/mol. The number of benzene rings is 2. The number of halogens is 1. The van der Waals surface area contributed by atoms with E-state index in [1.807, 2.05) is 32.9 Å². The number of hydrogen-bond acceptors (Lipinski definition) is 8. The highest BCUT2D eigenvalue weighted by atomic mass is 35.5. The third kappa shape index (κ3) is 5.95. The molecule has 0 aliphatic carbocycles. The largest absolute Gasteiger partial charge is 0.493 e. The third-order valence-corrected chi connectivity index (χ3v) is 6.15. The summed E-state index contributed by atoms with van der Waals surface area (Å²) in [5.41, 5.74) is 13.7. The van der Waals surface area contributed by atoms with E-state index in [-0.39, 0.29) is 29.7 Å². The molecule has 0 unspecified atom stereocenters. The molecule has 0 aliphatic rings. The Labute approximate surface area is 237 Å². The minimum absolute atomic E-state index is 0. The molecule has 11 heteroatoms. The van der Waals surface area contributed by atoms with Gasteiger partial charge in [-0.15, -0.1) is 12.4 Å². The molecule has 2 aromatic heterocycles. The number of nitrogen functional groups attached to an aromatic ring is 2. The van der Waals surface area contributed by atoms with Gasteiger partial charge in [0.2, 0.25) is 11.4 Å². The van der Waals surface area contributed by atoms with Gasteiger partial charge in [-0.05, 0) is 56.7 Å². The molecule has 0 bridgehead atoms. The van der Waals surface area contributed by atoms with Crippen molar-refractivity contribution in [2.75, 3.05) is 25.7 Å². The number of anilines is 2. The van der Waals surface area contributed by atoms with Crippen molar-refractivity contribution in [3.05, 3.63) is 80.8 Å². The van der Waals surface area contributed by atoms with Gasteiger partial charge in [-0.2, -0.15) is 4.98 Å². The van der Waals surface area contributed by atoms with Crippen LogP contribution in [0.25, 0.3) is 10.9 Å². The highest BCUT2D eigenvalue weighted by Crippen LogP contribution is 2.33. The highest BCUT2D eigenvalue weighted by molar-refractivity contribution is 5.93. The maximum absolute atomic E-state index is 12.8. The number of nitrogens with zero attached hydrogens (tertiary/aromatic N) is 3. The van der Waals surface area contributed by atoms with Crippen molar-refractivity contribution in [1.82, 2.24) is 14.5 Å². The zero-order chi connectivity index (χ0) is 28.5. The van der Waals surface area contributed by atoms with Crippen molar-refractivity contribution in [2.45, 2.75) is 32.7 Å². The first kappa shape index (κ1) is 29.8. The van der Waals surface area contributed by atoms with Gasteiger partial charge in [0.15, 0.2) is 11.5 Å². The number of fused-ring (bicyclic) bond motifs is 1. The maximum Gasteiger partial charge on any atom is 0.341 e. The van der Waals surface area contributed by atoms with Gasteiger partial charge >= 0.3 is 5.97 Å². The van der Waals surface area contributed by atoms with Gasteiger partial charge in [-0.25, -0.2) is 9.78 Å². The zero-order valence-electron chi connectivity index (χ0n) is 22.7. The second kappa shape index (κ2) is 11.6. The summed E-state index contributed by atoms with van der Waals surface area (Å²) in [7, 11) is 3.08. The Morgan fingerprint density at radius 3 is 2.42 bits per heavy atom. The topological polar surface area (TPSA) is 156 Å². The number of methoxy groups -OCH3 is 2. The minimum Gasteiger partial charge on any atom is -0.493 e. The second-order valence-electron chi connectivity index (χ2n) is 9.89. The van der Waals surface area contributed by atoms with Gasteiger partial charge in [0.05, 0.1) is 25.3 Å². The van der Waals surface area contributed by atoms with Crippen LogP contribution in [0.3, 0.4) is 0 Å². The summed E-state index contributed by atoms with van der Waals surface area (Å²) in [5.74, 6) is 6.38. The van der Waals surface area contributed by atoms with Crippen LogP contribution in [0, 0.1) is 11.8 Å². The average Bonchev–Trinajstić information content (AvgIpc) is 2.87. The fraction of sp³-hybridized carbons (Fsp3) is 0.241. The fourth-order valence-electron chi connectivity index (χ4n) is 4.26. The molecule has 5 N–H and O–H groups in total. The molecule has 10 nitrogen and oxygen atoms in total. The zero-order valence-corrected chi connectivity index (χ0v) is 23.5. The molecule has 0 atom stereocenters. The molecule has 0 saturated carbocycles. The van der Waals surface area contributed by atoms with Crippen molar-refractivity contribution in [3.63, 3.8) is 0 Å². The highest BCUT2D eigenvalue weighted by Gasteiger charge is 2.21. The first-order valence-corrected chi connectivity index (χ1v) is 12.0. The van der Waals surface area contributed by atoms with Crippen LogP contribution in [-0.4, -0.2) is 39.8 Å². The van der Waals surface area contributed by atoms with Crippen molar-refractivity contribution in [3.8, 4) is 23.3 Å². The number of carboxylic acids is 1. The number of hydrogen-bond donors (Lipinski definition) is 3. The molecule has 2 aromatic carbocycles. The summed E-state index contributed by atoms with van der Waals surface area (Å²) < 4.78 is 12.9. The number of nitrogens with two attached hydrogens (primary N) is 2. The lowest BCUT2D eigenvalue weighted by Gasteiger charge is -2.26. The molecule has 0 saturated heterocycles. The van der Waals surface area contributed by atoms with Crippen molar-refractivity contribution in [2.24, 2.45) is 0 Å². The Morgan fingerprint density at radius 2 is 1.82 bits per heavy atom. The lowest BCUT2D eigenvalue weighted by atomic mass is 10.0. The van der Waals surface area contributed by atoms with Gasteiger partial charge < -0.3 is 30.6 Å². The first-order chi connectivity index (χ1) is 18.4. The normalized spacial score (nSPS) is 10.8. The summed E-state index contributed by atoms with van der Waals surface area (Å²) >= 11 is 0. The molecule has 208 valence electrons. The summed E-state index contributed by atoms with van der Waals surface area (Å²) in [6, 6.07) is 8.78. The van der Waals surface area contributed by atoms with E-state index in [1.54, 1.807) is 36.1 Å². The summed E-state index contributed by atoms with van der Waals surface area (Å²) in [6.07, 6.45) is 3.38. The van der Waals surface area contributed by atoms with Crippen LogP contribution in [-0.2, 0) is 12.0 Å². The smallest absolute Gasteiger partial charge is 0.341 e.